The number of carbonyl (C=O) groups is 1. The number of anilines is 1. The van der Waals surface area contributed by atoms with Crippen LogP contribution in [0.3, 0.4) is 0 Å². The summed E-state index contributed by atoms with van der Waals surface area (Å²) in [5.74, 6) is 0.875. The molecular weight excluding hydrogens is 258 g/mol. The summed E-state index contributed by atoms with van der Waals surface area (Å²) in [4.78, 5) is 16.0. The maximum atomic E-state index is 12.2. The molecule has 1 aliphatic heterocycles. The topological polar surface area (TPSA) is 85.4 Å². The van der Waals surface area contributed by atoms with Crippen LogP contribution in [0.2, 0.25) is 0 Å². The molecule has 0 saturated carbocycles. The van der Waals surface area contributed by atoms with Gasteiger partial charge in [0.2, 0.25) is 0 Å². The van der Waals surface area contributed by atoms with Crippen LogP contribution in [-0.4, -0.2) is 54.1 Å². The van der Waals surface area contributed by atoms with E-state index in [1.54, 1.807) is 17.9 Å². The van der Waals surface area contributed by atoms with Crippen LogP contribution >= 0.6 is 0 Å². The molecule has 2 heterocycles. The Bertz CT molecular complexity index is 549. The standard InChI is InChI=1S/C13H17N5O2/c1-10-7-12(16-20-10)15-9-11(8-14)13(19)18-5-3-17(2)4-6-18/h7,9H,3-6H2,1-2H3,(H,15,16)/b11-9-. The van der Waals surface area contributed by atoms with Gasteiger partial charge in [0.1, 0.15) is 17.4 Å². The van der Waals surface area contributed by atoms with Gasteiger partial charge >= 0.3 is 0 Å². The number of nitrogens with one attached hydrogen (secondary N) is 1. The van der Waals surface area contributed by atoms with Gasteiger partial charge in [-0.1, -0.05) is 5.16 Å². The number of aryl methyl sites for hydroxylation is 1. The maximum absolute atomic E-state index is 12.2. The van der Waals surface area contributed by atoms with Crippen molar-refractivity contribution >= 4 is 11.7 Å². The number of hydrogen-bond acceptors (Lipinski definition) is 6. The minimum Gasteiger partial charge on any atom is -0.360 e. The number of aromatic nitrogens is 1. The van der Waals surface area contributed by atoms with E-state index in [1.807, 2.05) is 13.1 Å². The predicted octanol–water partition coefficient (Wildman–Crippen LogP) is 0.576. The molecule has 0 spiro atoms. The highest BCUT2D eigenvalue weighted by atomic mass is 16.5. The number of carbonyl (C=O) groups excluding carboxylic acids is 1. The van der Waals surface area contributed by atoms with Crippen LogP contribution in [0.1, 0.15) is 5.76 Å². The van der Waals surface area contributed by atoms with Crippen molar-refractivity contribution in [2.75, 3.05) is 38.5 Å². The second kappa shape index (κ2) is 6.21. The average molecular weight is 275 g/mol. The highest BCUT2D eigenvalue weighted by Gasteiger charge is 2.22. The summed E-state index contributed by atoms with van der Waals surface area (Å²) < 4.78 is 4.89. The summed E-state index contributed by atoms with van der Waals surface area (Å²) >= 11 is 0. The molecule has 1 N–H and O–H groups in total. The summed E-state index contributed by atoms with van der Waals surface area (Å²) in [6.07, 6.45) is 1.37. The molecule has 0 radical (unpaired) electrons. The van der Waals surface area contributed by atoms with Gasteiger partial charge in [-0.15, -0.1) is 0 Å². The Morgan fingerprint density at radius 1 is 1.50 bits per heavy atom. The van der Waals surface area contributed by atoms with E-state index in [9.17, 15) is 4.79 Å². The lowest BCUT2D eigenvalue weighted by atomic mass is 10.2. The highest BCUT2D eigenvalue weighted by Crippen LogP contribution is 2.09. The molecule has 0 atom stereocenters. The van der Waals surface area contributed by atoms with Gasteiger partial charge in [-0.3, -0.25) is 4.79 Å². The molecule has 1 saturated heterocycles. The van der Waals surface area contributed by atoms with Crippen molar-refractivity contribution in [1.29, 1.82) is 5.26 Å². The lowest BCUT2D eigenvalue weighted by Gasteiger charge is -2.32. The number of nitriles is 1. The van der Waals surface area contributed by atoms with E-state index < -0.39 is 0 Å². The Kier molecular flexibility index (Phi) is 4.38. The SMILES string of the molecule is Cc1cc(N/C=C(/C#N)C(=O)N2CCN(C)CC2)no1. The summed E-state index contributed by atoms with van der Waals surface area (Å²) in [5, 5.41) is 15.6. The molecule has 2 rings (SSSR count). The van der Waals surface area contributed by atoms with Crippen molar-refractivity contribution in [3.05, 3.63) is 23.6 Å². The first-order valence-electron chi connectivity index (χ1n) is 6.38. The van der Waals surface area contributed by atoms with E-state index >= 15 is 0 Å². The Hall–Kier alpha value is -2.33. The van der Waals surface area contributed by atoms with Gasteiger partial charge in [-0.25, -0.2) is 0 Å². The molecule has 0 unspecified atom stereocenters. The van der Waals surface area contributed by atoms with Gasteiger partial charge in [0, 0.05) is 38.4 Å². The molecule has 0 aliphatic carbocycles. The third kappa shape index (κ3) is 3.36. The molecule has 7 heteroatoms. The molecule has 20 heavy (non-hydrogen) atoms. The average Bonchev–Trinajstić information content (AvgIpc) is 2.86. The molecule has 1 aromatic heterocycles. The fourth-order valence-corrected chi connectivity index (χ4v) is 1.90. The highest BCUT2D eigenvalue weighted by molar-refractivity contribution is 5.97. The zero-order chi connectivity index (χ0) is 14.5. The van der Waals surface area contributed by atoms with Crippen LogP contribution in [0.5, 0.6) is 0 Å². The lowest BCUT2D eigenvalue weighted by Crippen LogP contribution is -2.47. The molecule has 106 valence electrons. The van der Waals surface area contributed by atoms with Crippen LogP contribution in [0.15, 0.2) is 22.4 Å². The van der Waals surface area contributed by atoms with Gasteiger partial charge in [-0.05, 0) is 14.0 Å². The largest absolute Gasteiger partial charge is 0.360 e. The summed E-state index contributed by atoms with van der Waals surface area (Å²) in [5.41, 5.74) is 0.0650. The first-order valence-corrected chi connectivity index (χ1v) is 6.38. The van der Waals surface area contributed by atoms with E-state index in [1.165, 1.54) is 6.20 Å². The summed E-state index contributed by atoms with van der Waals surface area (Å²) in [6.45, 7) is 4.68. The fraction of sp³-hybridized carbons (Fsp3) is 0.462. The molecule has 1 fully saturated rings. The Morgan fingerprint density at radius 2 is 2.20 bits per heavy atom. The molecular formula is C13H17N5O2. The Balaban J connectivity index is 2.00. The quantitative estimate of drug-likeness (QED) is 0.641. The number of rotatable bonds is 3. The van der Waals surface area contributed by atoms with Crippen LogP contribution < -0.4 is 5.32 Å². The first-order chi connectivity index (χ1) is 9.60. The smallest absolute Gasteiger partial charge is 0.266 e. The minimum atomic E-state index is -0.256. The van der Waals surface area contributed by atoms with Crippen molar-refractivity contribution in [2.45, 2.75) is 6.92 Å². The van der Waals surface area contributed by atoms with Crippen molar-refractivity contribution in [3.63, 3.8) is 0 Å². The van der Waals surface area contributed by atoms with Gasteiger partial charge < -0.3 is 19.6 Å². The molecule has 0 aromatic carbocycles. The van der Waals surface area contributed by atoms with Gasteiger partial charge in [0.15, 0.2) is 5.82 Å². The third-order valence-electron chi connectivity index (χ3n) is 3.13. The van der Waals surface area contributed by atoms with Gasteiger partial charge in [-0.2, -0.15) is 5.26 Å². The molecule has 1 aliphatic rings. The third-order valence-corrected chi connectivity index (χ3v) is 3.13. The van der Waals surface area contributed by atoms with Crippen LogP contribution in [-0.2, 0) is 4.79 Å². The summed E-state index contributed by atoms with van der Waals surface area (Å²) in [6, 6.07) is 3.61. The molecule has 7 nitrogen and oxygen atoms in total. The molecule has 1 amide bonds. The van der Waals surface area contributed by atoms with E-state index in [-0.39, 0.29) is 11.5 Å². The van der Waals surface area contributed by atoms with Crippen molar-refractivity contribution in [2.24, 2.45) is 0 Å². The number of hydrogen-bond donors (Lipinski definition) is 1. The Morgan fingerprint density at radius 3 is 2.75 bits per heavy atom. The van der Waals surface area contributed by atoms with Gasteiger partial charge in [0.05, 0.1) is 0 Å². The van der Waals surface area contributed by atoms with Crippen LogP contribution in [0.4, 0.5) is 5.82 Å². The van der Waals surface area contributed by atoms with E-state index in [2.05, 4.69) is 15.4 Å². The van der Waals surface area contributed by atoms with Crippen LogP contribution in [0.25, 0.3) is 0 Å². The zero-order valence-electron chi connectivity index (χ0n) is 11.6. The molecule has 0 bridgehead atoms. The zero-order valence-corrected chi connectivity index (χ0v) is 11.6. The second-order valence-electron chi connectivity index (χ2n) is 4.73. The van der Waals surface area contributed by atoms with Gasteiger partial charge in [0.25, 0.3) is 5.91 Å². The first kappa shape index (κ1) is 14.1. The summed E-state index contributed by atoms with van der Waals surface area (Å²) in [7, 11) is 2.01. The monoisotopic (exact) mass is 275 g/mol. The Labute approximate surface area is 117 Å². The predicted molar refractivity (Wildman–Crippen MR) is 72.6 cm³/mol. The van der Waals surface area contributed by atoms with Crippen LogP contribution in [0, 0.1) is 18.3 Å². The van der Waals surface area contributed by atoms with Crippen molar-refractivity contribution in [1.82, 2.24) is 15.0 Å². The van der Waals surface area contributed by atoms with E-state index in [0.29, 0.717) is 24.7 Å². The normalized spacial score (nSPS) is 16.9. The number of piperazine rings is 1. The number of amides is 1. The van der Waals surface area contributed by atoms with E-state index in [4.69, 9.17) is 9.78 Å². The number of nitrogens with zero attached hydrogens (tertiary/aromatic N) is 4. The molecule has 1 aromatic rings. The maximum Gasteiger partial charge on any atom is 0.266 e. The number of likely N-dealkylation sites (N-methyl/N-ethyl adjacent to an activating group) is 1. The van der Waals surface area contributed by atoms with Crippen molar-refractivity contribution < 1.29 is 9.32 Å². The van der Waals surface area contributed by atoms with E-state index in [0.717, 1.165) is 13.1 Å². The fourth-order valence-electron chi connectivity index (χ4n) is 1.90. The lowest BCUT2D eigenvalue weighted by molar-refractivity contribution is -0.128. The minimum absolute atomic E-state index is 0.0650. The van der Waals surface area contributed by atoms with Crippen molar-refractivity contribution in [3.8, 4) is 6.07 Å². The second-order valence-corrected chi connectivity index (χ2v) is 4.73.